The largest absolute Gasteiger partial charge is 1.00 e. The Bertz CT molecular complexity index is 125. The summed E-state index contributed by atoms with van der Waals surface area (Å²) in [5.74, 6) is -1.53. The number of aliphatic hydroxyl groups is 1. The van der Waals surface area contributed by atoms with Crippen LogP contribution in [0.15, 0.2) is 0 Å². The normalized spacial score (nSPS) is 14.6. The van der Waals surface area contributed by atoms with Crippen LogP contribution in [-0.2, 0) is 4.79 Å². The van der Waals surface area contributed by atoms with Gasteiger partial charge in [-0.15, -0.1) is 0 Å². The van der Waals surface area contributed by atoms with Gasteiger partial charge in [0.25, 0.3) is 0 Å². The van der Waals surface area contributed by atoms with Crippen LogP contribution in [0.3, 0.4) is 0 Å². The van der Waals surface area contributed by atoms with Gasteiger partial charge in [-0.25, -0.2) is 0 Å². The van der Waals surface area contributed by atoms with Gasteiger partial charge in [0.15, 0.2) is 0 Å². The predicted octanol–water partition coefficient (Wildman–Crippen LogP) is -3.07. The molecule has 0 aromatic carbocycles. The number of carbonyl (C=O) groups excluding carboxylic acids is 1. The Morgan fingerprint density at radius 1 is 1.58 bits per heavy atom. The van der Waals surface area contributed by atoms with Crippen molar-refractivity contribution < 1.29 is 44.6 Å². The molecule has 0 radical (unpaired) electrons. The molecule has 2 atom stereocenters. The number of rotatable bonds is 5. The van der Waals surface area contributed by atoms with Crippen LogP contribution < -0.4 is 34.7 Å². The molecule has 3 nitrogen and oxygen atoms in total. The molecule has 66 valence electrons. The zero-order valence-corrected chi connectivity index (χ0v) is 10.0. The summed E-state index contributed by atoms with van der Waals surface area (Å²) in [6.45, 7) is 3.50. The second-order valence-corrected chi connectivity index (χ2v) is 2.89. The number of hydrogen-bond donors (Lipinski definition) is 1. The van der Waals surface area contributed by atoms with Crippen LogP contribution >= 0.6 is 0 Å². The minimum atomic E-state index is -1.05. The van der Waals surface area contributed by atoms with Crippen LogP contribution in [0, 0.1) is 5.92 Å². The maximum Gasteiger partial charge on any atom is 1.00 e. The molecule has 0 aliphatic rings. The van der Waals surface area contributed by atoms with E-state index in [2.05, 4.69) is 0 Å². The molecule has 0 bridgehead atoms. The van der Waals surface area contributed by atoms with Crippen LogP contribution in [0.1, 0.15) is 33.1 Å². The first-order chi connectivity index (χ1) is 5.07. The minimum absolute atomic E-state index is 0. The Morgan fingerprint density at radius 3 is 2.33 bits per heavy atom. The average Bonchev–Trinajstić information content (AvgIpc) is 1.86. The molecule has 12 heavy (non-hydrogen) atoms. The zero-order valence-electron chi connectivity index (χ0n) is 8.04. The van der Waals surface area contributed by atoms with Gasteiger partial charge in [0, 0.05) is 11.9 Å². The standard InChI is InChI=1S/C8H16O3.Na/c1-3-4-7(8(10)11)5-6(2)9;/h6-7,9H,3-5H2,1-2H3,(H,10,11);/q;+1/p-1. The first kappa shape index (κ1) is 14.9. The van der Waals surface area contributed by atoms with Gasteiger partial charge in [-0.2, -0.15) is 0 Å². The van der Waals surface area contributed by atoms with Crippen molar-refractivity contribution in [2.24, 2.45) is 5.92 Å². The Labute approximate surface area is 95.5 Å². The first-order valence-electron chi connectivity index (χ1n) is 3.96. The first-order valence-corrected chi connectivity index (χ1v) is 3.96. The second kappa shape index (κ2) is 8.05. The summed E-state index contributed by atoms with van der Waals surface area (Å²) in [5, 5.41) is 19.3. The van der Waals surface area contributed by atoms with E-state index in [4.69, 9.17) is 5.11 Å². The number of carboxylic acid groups (broad SMARTS) is 1. The molecule has 0 aromatic rings. The summed E-state index contributed by atoms with van der Waals surface area (Å²) in [6, 6.07) is 0. The zero-order chi connectivity index (χ0) is 8.85. The van der Waals surface area contributed by atoms with E-state index in [1.807, 2.05) is 6.92 Å². The fraction of sp³-hybridized carbons (Fsp3) is 0.875. The summed E-state index contributed by atoms with van der Waals surface area (Å²) >= 11 is 0. The quantitative estimate of drug-likeness (QED) is 0.459. The van der Waals surface area contributed by atoms with E-state index >= 15 is 0 Å². The van der Waals surface area contributed by atoms with Crippen molar-refractivity contribution in [3.05, 3.63) is 0 Å². The number of aliphatic hydroxyl groups excluding tert-OH is 1. The summed E-state index contributed by atoms with van der Waals surface area (Å²) in [5.41, 5.74) is 0. The van der Waals surface area contributed by atoms with Crippen LogP contribution in [0.5, 0.6) is 0 Å². The Hall–Kier alpha value is 0.430. The van der Waals surface area contributed by atoms with E-state index in [0.717, 1.165) is 6.42 Å². The maximum atomic E-state index is 10.4. The second-order valence-electron chi connectivity index (χ2n) is 2.89. The van der Waals surface area contributed by atoms with Gasteiger partial charge >= 0.3 is 29.6 Å². The van der Waals surface area contributed by atoms with Crippen molar-refractivity contribution in [1.82, 2.24) is 0 Å². The van der Waals surface area contributed by atoms with Crippen molar-refractivity contribution in [3.63, 3.8) is 0 Å². The fourth-order valence-electron chi connectivity index (χ4n) is 1.09. The monoisotopic (exact) mass is 182 g/mol. The van der Waals surface area contributed by atoms with Crippen LogP contribution in [0.2, 0.25) is 0 Å². The molecule has 0 amide bonds. The summed E-state index contributed by atoms with van der Waals surface area (Å²) < 4.78 is 0. The molecule has 0 aliphatic heterocycles. The molecule has 0 spiro atoms. The molecule has 1 N–H and O–H groups in total. The van der Waals surface area contributed by atoms with Crippen molar-refractivity contribution in [2.75, 3.05) is 0 Å². The molecule has 0 heterocycles. The van der Waals surface area contributed by atoms with E-state index in [1.54, 1.807) is 6.92 Å². The molecular formula is C8H15NaO3. The average molecular weight is 182 g/mol. The van der Waals surface area contributed by atoms with Crippen molar-refractivity contribution in [2.45, 2.75) is 39.2 Å². The predicted molar refractivity (Wildman–Crippen MR) is 39.7 cm³/mol. The molecule has 0 fully saturated rings. The van der Waals surface area contributed by atoms with Crippen LogP contribution in [-0.4, -0.2) is 17.2 Å². The third-order valence-electron chi connectivity index (χ3n) is 1.60. The van der Waals surface area contributed by atoms with Crippen molar-refractivity contribution in [1.29, 1.82) is 0 Å². The number of carboxylic acids is 1. The third-order valence-corrected chi connectivity index (χ3v) is 1.60. The topological polar surface area (TPSA) is 60.4 Å². The molecule has 4 heteroatoms. The van der Waals surface area contributed by atoms with Crippen LogP contribution in [0.4, 0.5) is 0 Å². The maximum absolute atomic E-state index is 10.4. The summed E-state index contributed by atoms with van der Waals surface area (Å²) in [4.78, 5) is 10.4. The van der Waals surface area contributed by atoms with Gasteiger partial charge in [0.1, 0.15) is 0 Å². The smallest absolute Gasteiger partial charge is 0.550 e. The van der Waals surface area contributed by atoms with Crippen molar-refractivity contribution in [3.8, 4) is 0 Å². The van der Waals surface area contributed by atoms with E-state index in [0.29, 0.717) is 12.8 Å². The molecule has 0 aromatic heterocycles. The van der Waals surface area contributed by atoms with Gasteiger partial charge in [-0.3, -0.25) is 0 Å². The van der Waals surface area contributed by atoms with Crippen molar-refractivity contribution >= 4 is 5.97 Å². The molecule has 0 saturated carbocycles. The Kier molecular flexibility index (Phi) is 10.0. The molecular weight excluding hydrogens is 167 g/mol. The Morgan fingerprint density at radius 2 is 2.08 bits per heavy atom. The molecule has 0 aliphatic carbocycles. The fourth-order valence-corrected chi connectivity index (χ4v) is 1.09. The minimum Gasteiger partial charge on any atom is -0.550 e. The Balaban J connectivity index is 0. The number of aliphatic carboxylic acids is 1. The van der Waals surface area contributed by atoms with Gasteiger partial charge < -0.3 is 15.0 Å². The SMILES string of the molecule is CCCC(CC(C)O)C(=O)[O-].[Na+]. The summed E-state index contributed by atoms with van der Waals surface area (Å²) in [7, 11) is 0. The van der Waals surface area contributed by atoms with E-state index in [1.165, 1.54) is 0 Å². The van der Waals surface area contributed by atoms with Gasteiger partial charge in [0.2, 0.25) is 0 Å². The van der Waals surface area contributed by atoms with E-state index in [-0.39, 0.29) is 29.6 Å². The van der Waals surface area contributed by atoms with E-state index < -0.39 is 18.0 Å². The summed E-state index contributed by atoms with van der Waals surface area (Å²) in [6.07, 6.45) is 1.15. The van der Waals surface area contributed by atoms with E-state index in [9.17, 15) is 9.90 Å². The van der Waals surface area contributed by atoms with Gasteiger partial charge in [0.05, 0.1) is 6.10 Å². The third kappa shape index (κ3) is 7.10. The van der Waals surface area contributed by atoms with Crippen LogP contribution in [0.25, 0.3) is 0 Å². The number of hydrogen-bond acceptors (Lipinski definition) is 3. The van der Waals surface area contributed by atoms with Gasteiger partial charge in [-0.1, -0.05) is 13.3 Å². The number of carbonyl (C=O) groups is 1. The molecule has 0 rings (SSSR count). The van der Waals surface area contributed by atoms with Gasteiger partial charge in [-0.05, 0) is 19.8 Å². The molecule has 2 unspecified atom stereocenters. The molecule has 0 saturated heterocycles.